The molecule has 0 spiro atoms. The second kappa shape index (κ2) is 8.03. The summed E-state index contributed by atoms with van der Waals surface area (Å²) in [7, 11) is 0. The van der Waals surface area contributed by atoms with Gasteiger partial charge in [0.05, 0.1) is 15.5 Å². The standard InChI is InChI=1S/C18H17Cl2N3O3/c19-14-3-1-13(2-4-14)12-21-7-9-22(10-8-21)18(24)16-6-5-15(23(25)26)11-17(16)20/h1-6,11H,7-10,12H2. The zero-order valence-electron chi connectivity index (χ0n) is 13.9. The molecule has 8 heteroatoms. The van der Waals surface area contributed by atoms with Crippen molar-refractivity contribution in [2.45, 2.75) is 6.54 Å². The molecule has 1 aliphatic heterocycles. The lowest BCUT2D eigenvalue weighted by Crippen LogP contribution is -2.48. The molecule has 1 amide bonds. The fraction of sp³-hybridized carbons (Fsp3) is 0.278. The first kappa shape index (κ1) is 18.6. The van der Waals surface area contributed by atoms with Crippen molar-refractivity contribution in [3.63, 3.8) is 0 Å². The largest absolute Gasteiger partial charge is 0.336 e. The molecule has 26 heavy (non-hydrogen) atoms. The van der Waals surface area contributed by atoms with Crippen LogP contribution in [-0.2, 0) is 6.54 Å². The summed E-state index contributed by atoms with van der Waals surface area (Å²) in [5.74, 6) is -0.198. The highest BCUT2D eigenvalue weighted by atomic mass is 35.5. The van der Waals surface area contributed by atoms with E-state index in [9.17, 15) is 14.9 Å². The molecule has 1 saturated heterocycles. The topological polar surface area (TPSA) is 66.7 Å². The van der Waals surface area contributed by atoms with Gasteiger partial charge in [-0.25, -0.2) is 0 Å². The fourth-order valence-corrected chi connectivity index (χ4v) is 3.30. The molecule has 1 fully saturated rings. The van der Waals surface area contributed by atoms with Crippen LogP contribution in [0, 0.1) is 10.1 Å². The first-order chi connectivity index (χ1) is 12.4. The summed E-state index contributed by atoms with van der Waals surface area (Å²) in [6.45, 7) is 3.47. The van der Waals surface area contributed by atoms with Gasteiger partial charge in [0.1, 0.15) is 0 Å². The van der Waals surface area contributed by atoms with Gasteiger partial charge >= 0.3 is 0 Å². The lowest BCUT2D eigenvalue weighted by atomic mass is 10.1. The van der Waals surface area contributed by atoms with E-state index in [0.717, 1.165) is 19.6 Å². The zero-order chi connectivity index (χ0) is 18.7. The Morgan fingerprint density at radius 2 is 1.69 bits per heavy atom. The fourth-order valence-electron chi connectivity index (χ4n) is 2.92. The first-order valence-electron chi connectivity index (χ1n) is 8.14. The minimum atomic E-state index is -0.532. The van der Waals surface area contributed by atoms with Crippen molar-refractivity contribution >= 4 is 34.8 Å². The van der Waals surface area contributed by atoms with Gasteiger partial charge in [-0.2, -0.15) is 0 Å². The van der Waals surface area contributed by atoms with Gasteiger partial charge in [-0.1, -0.05) is 35.3 Å². The number of rotatable bonds is 4. The maximum atomic E-state index is 12.6. The molecule has 0 aromatic heterocycles. The highest BCUT2D eigenvalue weighted by Gasteiger charge is 2.24. The molecule has 3 rings (SSSR count). The van der Waals surface area contributed by atoms with Crippen LogP contribution in [-0.4, -0.2) is 46.8 Å². The summed E-state index contributed by atoms with van der Waals surface area (Å²) in [5.41, 5.74) is 1.34. The van der Waals surface area contributed by atoms with Crippen molar-refractivity contribution in [3.05, 3.63) is 73.8 Å². The number of amides is 1. The molecule has 2 aromatic carbocycles. The Labute approximate surface area is 161 Å². The predicted molar refractivity (Wildman–Crippen MR) is 101 cm³/mol. The normalized spacial score (nSPS) is 15.1. The van der Waals surface area contributed by atoms with Crippen LogP contribution in [0.4, 0.5) is 5.69 Å². The number of hydrogen-bond donors (Lipinski definition) is 0. The Kier molecular flexibility index (Phi) is 5.76. The monoisotopic (exact) mass is 393 g/mol. The highest BCUT2D eigenvalue weighted by molar-refractivity contribution is 6.34. The van der Waals surface area contributed by atoms with Crippen molar-refractivity contribution in [3.8, 4) is 0 Å². The van der Waals surface area contributed by atoms with Crippen molar-refractivity contribution in [2.24, 2.45) is 0 Å². The third-order valence-corrected chi connectivity index (χ3v) is 4.94. The minimum absolute atomic E-state index is 0.104. The van der Waals surface area contributed by atoms with Crippen LogP contribution >= 0.6 is 23.2 Å². The average molecular weight is 394 g/mol. The first-order valence-corrected chi connectivity index (χ1v) is 8.89. The van der Waals surface area contributed by atoms with Crippen LogP contribution in [0.25, 0.3) is 0 Å². The maximum absolute atomic E-state index is 12.6. The van der Waals surface area contributed by atoms with E-state index in [1.165, 1.54) is 23.8 Å². The number of piperazine rings is 1. The van der Waals surface area contributed by atoms with Crippen LogP contribution < -0.4 is 0 Å². The lowest BCUT2D eigenvalue weighted by Gasteiger charge is -2.35. The quantitative estimate of drug-likeness (QED) is 0.584. The third-order valence-electron chi connectivity index (χ3n) is 4.37. The maximum Gasteiger partial charge on any atom is 0.270 e. The molecule has 0 N–H and O–H groups in total. The molecule has 1 heterocycles. The van der Waals surface area contributed by atoms with Crippen molar-refractivity contribution in [1.82, 2.24) is 9.80 Å². The van der Waals surface area contributed by atoms with Gasteiger partial charge < -0.3 is 4.90 Å². The van der Waals surface area contributed by atoms with Gasteiger partial charge in [0, 0.05) is 49.9 Å². The summed E-state index contributed by atoms with van der Waals surface area (Å²) in [6, 6.07) is 11.7. The van der Waals surface area contributed by atoms with Crippen LogP contribution in [0.5, 0.6) is 0 Å². The number of hydrogen-bond acceptors (Lipinski definition) is 4. The Bertz CT molecular complexity index is 819. The Morgan fingerprint density at radius 3 is 2.27 bits per heavy atom. The van der Waals surface area contributed by atoms with Gasteiger partial charge in [-0.3, -0.25) is 19.8 Å². The number of benzene rings is 2. The molecule has 0 aliphatic carbocycles. The predicted octanol–water partition coefficient (Wildman–Crippen LogP) is 3.86. The molecule has 0 radical (unpaired) electrons. The lowest BCUT2D eigenvalue weighted by molar-refractivity contribution is -0.384. The van der Waals surface area contributed by atoms with Gasteiger partial charge in [0.25, 0.3) is 11.6 Å². The van der Waals surface area contributed by atoms with Crippen LogP contribution in [0.1, 0.15) is 15.9 Å². The summed E-state index contributed by atoms with van der Waals surface area (Å²) in [4.78, 5) is 26.9. The molecule has 0 unspecified atom stereocenters. The van der Waals surface area contributed by atoms with E-state index in [2.05, 4.69) is 4.90 Å². The molecule has 6 nitrogen and oxygen atoms in total. The van der Waals surface area contributed by atoms with E-state index >= 15 is 0 Å². The second-order valence-electron chi connectivity index (χ2n) is 6.12. The number of non-ortho nitro benzene ring substituents is 1. The summed E-state index contributed by atoms with van der Waals surface area (Å²) in [5, 5.41) is 11.6. The molecule has 0 atom stereocenters. The van der Waals surface area contributed by atoms with Crippen LogP contribution in [0.3, 0.4) is 0 Å². The minimum Gasteiger partial charge on any atom is -0.336 e. The van der Waals surface area contributed by atoms with Crippen molar-refractivity contribution in [2.75, 3.05) is 26.2 Å². The summed E-state index contributed by atoms with van der Waals surface area (Å²) in [6.07, 6.45) is 0. The average Bonchev–Trinajstić information content (AvgIpc) is 2.63. The number of carbonyl (C=O) groups is 1. The SMILES string of the molecule is O=C(c1ccc([N+](=O)[O-])cc1Cl)N1CCN(Cc2ccc(Cl)cc2)CC1. The molecule has 136 valence electrons. The van der Waals surface area contributed by atoms with E-state index in [1.807, 2.05) is 24.3 Å². The van der Waals surface area contributed by atoms with Crippen LogP contribution in [0.15, 0.2) is 42.5 Å². The summed E-state index contributed by atoms with van der Waals surface area (Å²) < 4.78 is 0. The number of carbonyl (C=O) groups excluding carboxylic acids is 1. The van der Waals surface area contributed by atoms with E-state index in [0.29, 0.717) is 23.7 Å². The smallest absolute Gasteiger partial charge is 0.270 e. The molecular weight excluding hydrogens is 377 g/mol. The van der Waals surface area contributed by atoms with Gasteiger partial charge in [-0.15, -0.1) is 0 Å². The molecule has 2 aromatic rings. The molecule has 1 aliphatic rings. The molecule has 0 saturated carbocycles. The van der Waals surface area contributed by atoms with E-state index in [4.69, 9.17) is 23.2 Å². The Morgan fingerprint density at radius 1 is 1.04 bits per heavy atom. The third kappa shape index (κ3) is 4.33. The van der Waals surface area contributed by atoms with Gasteiger partial charge in [0.15, 0.2) is 0 Å². The van der Waals surface area contributed by atoms with Gasteiger partial charge in [-0.05, 0) is 23.8 Å². The van der Waals surface area contributed by atoms with Gasteiger partial charge in [0.2, 0.25) is 0 Å². The Hall–Kier alpha value is -2.15. The highest BCUT2D eigenvalue weighted by Crippen LogP contribution is 2.24. The number of nitro groups is 1. The molecule has 0 bridgehead atoms. The Balaban J connectivity index is 1.60. The van der Waals surface area contributed by atoms with E-state index < -0.39 is 4.92 Å². The second-order valence-corrected chi connectivity index (χ2v) is 6.96. The molecular formula is C18H17Cl2N3O3. The van der Waals surface area contributed by atoms with Crippen molar-refractivity contribution < 1.29 is 9.72 Å². The van der Waals surface area contributed by atoms with E-state index in [-0.39, 0.29) is 16.6 Å². The summed E-state index contributed by atoms with van der Waals surface area (Å²) >= 11 is 12.0. The zero-order valence-corrected chi connectivity index (χ0v) is 15.4. The van der Waals surface area contributed by atoms with Crippen LogP contribution in [0.2, 0.25) is 10.0 Å². The van der Waals surface area contributed by atoms with Crippen molar-refractivity contribution in [1.29, 1.82) is 0 Å². The number of halogens is 2. The van der Waals surface area contributed by atoms with E-state index in [1.54, 1.807) is 4.90 Å². The number of nitro benzene ring substituents is 1. The number of nitrogens with zero attached hydrogens (tertiary/aromatic N) is 3.